The van der Waals surface area contributed by atoms with E-state index in [1.54, 1.807) is 0 Å². The molecule has 3 aromatic heterocycles. The molecule has 0 atom stereocenters. The van der Waals surface area contributed by atoms with Crippen molar-refractivity contribution in [2.75, 3.05) is 0 Å². The average molecular weight is 723 g/mol. The molecule has 0 spiro atoms. The van der Waals surface area contributed by atoms with Crippen LogP contribution < -0.4 is 0 Å². The third-order valence-electron chi connectivity index (χ3n) is 11.6. The fraction of sp³-hybridized carbons (Fsp3) is 0.118. The molecular formula is C51H38N4O. The van der Waals surface area contributed by atoms with Gasteiger partial charge in [-0.1, -0.05) is 147 Å². The van der Waals surface area contributed by atoms with Gasteiger partial charge in [0, 0.05) is 49.8 Å². The Hall–Kier alpha value is -6.85. The predicted octanol–water partition coefficient (Wildman–Crippen LogP) is 13.6. The Morgan fingerprint density at radius 3 is 1.95 bits per heavy atom. The lowest BCUT2D eigenvalue weighted by Gasteiger charge is -2.21. The minimum Gasteiger partial charge on any atom is -0.455 e. The fourth-order valence-electron chi connectivity index (χ4n) is 8.87. The van der Waals surface area contributed by atoms with E-state index in [9.17, 15) is 0 Å². The number of hydrogen-bond acceptors (Lipinski definition) is 4. The molecule has 0 saturated heterocycles. The van der Waals surface area contributed by atoms with Gasteiger partial charge in [0.1, 0.15) is 17.0 Å². The molecule has 10 aromatic rings. The van der Waals surface area contributed by atoms with Crippen LogP contribution in [-0.4, -0.2) is 19.5 Å². The van der Waals surface area contributed by atoms with Crippen molar-refractivity contribution in [3.63, 3.8) is 0 Å². The molecule has 0 radical (unpaired) electrons. The Balaban J connectivity index is 1.15. The zero-order valence-corrected chi connectivity index (χ0v) is 30.9. The molecule has 268 valence electrons. The van der Waals surface area contributed by atoms with E-state index in [2.05, 4.69) is 162 Å². The second-order valence-corrected chi connectivity index (χ2v) is 15.0. The highest BCUT2D eigenvalue weighted by molar-refractivity contribution is 6.18. The number of benzene rings is 7. The molecule has 11 rings (SSSR count). The van der Waals surface area contributed by atoms with Crippen LogP contribution in [0, 0.1) is 0 Å². The third kappa shape index (κ3) is 5.50. The maximum Gasteiger partial charge on any atom is 0.164 e. The van der Waals surface area contributed by atoms with Crippen molar-refractivity contribution in [1.82, 2.24) is 19.5 Å². The van der Waals surface area contributed by atoms with Crippen LogP contribution >= 0.6 is 0 Å². The smallest absolute Gasteiger partial charge is 0.164 e. The van der Waals surface area contributed by atoms with Crippen LogP contribution in [0.25, 0.3) is 94.5 Å². The maximum atomic E-state index is 6.97. The van der Waals surface area contributed by atoms with Crippen LogP contribution in [0.3, 0.4) is 0 Å². The molecule has 5 nitrogen and oxygen atoms in total. The molecule has 1 saturated carbocycles. The van der Waals surface area contributed by atoms with Crippen molar-refractivity contribution < 1.29 is 4.42 Å². The molecule has 1 fully saturated rings. The normalized spacial score (nSPS) is 13.6. The second-order valence-electron chi connectivity index (χ2n) is 15.0. The van der Waals surface area contributed by atoms with Crippen LogP contribution in [0.15, 0.2) is 168 Å². The summed E-state index contributed by atoms with van der Waals surface area (Å²) in [6, 6.07) is 57.8. The Bertz CT molecular complexity index is 3050. The lowest BCUT2D eigenvalue weighted by molar-refractivity contribution is 0.428. The summed E-state index contributed by atoms with van der Waals surface area (Å²) < 4.78 is 9.33. The highest BCUT2D eigenvalue weighted by Gasteiger charge is 2.24. The molecule has 1 aliphatic carbocycles. The Morgan fingerprint density at radius 1 is 0.446 bits per heavy atom. The van der Waals surface area contributed by atoms with Gasteiger partial charge in [0.25, 0.3) is 0 Å². The van der Waals surface area contributed by atoms with E-state index < -0.39 is 0 Å². The van der Waals surface area contributed by atoms with E-state index in [4.69, 9.17) is 19.4 Å². The topological polar surface area (TPSA) is 56.7 Å². The molecule has 0 unspecified atom stereocenters. The van der Waals surface area contributed by atoms with E-state index in [-0.39, 0.29) is 0 Å². The number of para-hydroxylation sites is 3. The summed E-state index contributed by atoms with van der Waals surface area (Å²) in [5, 5.41) is 4.53. The Labute approximate surface area is 324 Å². The average Bonchev–Trinajstić information content (AvgIpc) is 3.81. The van der Waals surface area contributed by atoms with Gasteiger partial charge in [0.05, 0.1) is 11.0 Å². The van der Waals surface area contributed by atoms with E-state index >= 15 is 0 Å². The lowest BCUT2D eigenvalue weighted by Crippen LogP contribution is -2.11. The number of rotatable bonds is 6. The lowest BCUT2D eigenvalue weighted by atomic mass is 9.88. The monoisotopic (exact) mass is 722 g/mol. The summed E-state index contributed by atoms with van der Waals surface area (Å²) in [6.45, 7) is 0. The van der Waals surface area contributed by atoms with E-state index in [1.165, 1.54) is 35.6 Å². The highest BCUT2D eigenvalue weighted by Crippen LogP contribution is 2.44. The predicted molar refractivity (Wildman–Crippen MR) is 229 cm³/mol. The first-order valence-corrected chi connectivity index (χ1v) is 19.7. The zero-order valence-electron chi connectivity index (χ0n) is 30.9. The zero-order chi connectivity index (χ0) is 37.0. The molecule has 3 heterocycles. The minimum absolute atomic E-state index is 0.315. The first-order valence-electron chi connectivity index (χ1n) is 19.7. The van der Waals surface area contributed by atoms with E-state index in [1.807, 2.05) is 6.07 Å². The number of aromatic nitrogens is 4. The van der Waals surface area contributed by atoms with Crippen molar-refractivity contribution >= 4 is 43.7 Å². The number of hydrogen-bond donors (Lipinski definition) is 0. The van der Waals surface area contributed by atoms with Crippen molar-refractivity contribution in [2.24, 2.45) is 0 Å². The molecule has 1 aliphatic rings. The Morgan fingerprint density at radius 2 is 1.14 bits per heavy atom. The summed E-state index contributed by atoms with van der Waals surface area (Å²) in [5.74, 6) is 2.61. The second kappa shape index (κ2) is 13.5. The summed E-state index contributed by atoms with van der Waals surface area (Å²) >= 11 is 0. The first-order chi connectivity index (χ1) is 27.8. The van der Waals surface area contributed by atoms with Gasteiger partial charge in [-0.3, -0.25) is 0 Å². The largest absolute Gasteiger partial charge is 0.455 e. The van der Waals surface area contributed by atoms with Crippen molar-refractivity contribution in [3.8, 4) is 50.7 Å². The van der Waals surface area contributed by atoms with Gasteiger partial charge in [-0.05, 0) is 65.9 Å². The fourth-order valence-corrected chi connectivity index (χ4v) is 8.87. The van der Waals surface area contributed by atoms with Gasteiger partial charge in [-0.25, -0.2) is 15.0 Å². The van der Waals surface area contributed by atoms with Crippen molar-refractivity contribution in [3.05, 3.63) is 170 Å². The van der Waals surface area contributed by atoms with Crippen LogP contribution in [0.1, 0.15) is 43.8 Å². The van der Waals surface area contributed by atoms with Crippen molar-refractivity contribution in [2.45, 2.75) is 38.0 Å². The maximum absolute atomic E-state index is 6.97. The standard InChI is InChI=1S/C51H38N4O/c1-5-16-33(17-6-1)36-28-29-38(44(30-36)51-53-49(34-18-7-2-8-19-34)52-50(54-51)35-20-9-3-10-21-35)40-25-15-26-41-43-31-46-42(32-47(43)56-48(40)41)39-24-13-14-27-45(39)55(46)37-22-11-4-12-23-37/h1-2,4-8,11-19,22-32,35H,3,9-10,20-21H2. The van der Waals surface area contributed by atoms with Gasteiger partial charge in [0.2, 0.25) is 0 Å². The van der Waals surface area contributed by atoms with Crippen molar-refractivity contribution in [1.29, 1.82) is 0 Å². The highest BCUT2D eigenvalue weighted by atomic mass is 16.3. The molecule has 0 aliphatic heterocycles. The molecule has 0 amide bonds. The molecule has 0 bridgehead atoms. The van der Waals surface area contributed by atoms with Gasteiger partial charge in [-0.2, -0.15) is 0 Å². The summed E-state index contributed by atoms with van der Waals surface area (Å²) in [7, 11) is 0. The van der Waals surface area contributed by atoms with Gasteiger partial charge < -0.3 is 8.98 Å². The Kier molecular flexibility index (Phi) is 7.83. The number of nitrogens with zero attached hydrogens (tertiary/aromatic N) is 4. The number of furan rings is 1. The van der Waals surface area contributed by atoms with Crippen LogP contribution in [0.4, 0.5) is 0 Å². The third-order valence-corrected chi connectivity index (χ3v) is 11.6. The summed E-state index contributed by atoms with van der Waals surface area (Å²) in [5.41, 5.74) is 11.4. The van der Waals surface area contributed by atoms with Gasteiger partial charge in [-0.15, -0.1) is 0 Å². The molecule has 0 N–H and O–H groups in total. The van der Waals surface area contributed by atoms with Gasteiger partial charge in [0.15, 0.2) is 11.6 Å². The van der Waals surface area contributed by atoms with E-state index in [0.717, 1.165) is 85.2 Å². The van der Waals surface area contributed by atoms with Crippen LogP contribution in [-0.2, 0) is 0 Å². The molecule has 56 heavy (non-hydrogen) atoms. The summed E-state index contributed by atoms with van der Waals surface area (Å²) in [4.78, 5) is 15.7. The van der Waals surface area contributed by atoms with Crippen LogP contribution in [0.5, 0.6) is 0 Å². The molecule has 7 aromatic carbocycles. The summed E-state index contributed by atoms with van der Waals surface area (Å²) in [6.07, 6.45) is 5.87. The minimum atomic E-state index is 0.315. The van der Waals surface area contributed by atoms with E-state index in [0.29, 0.717) is 17.6 Å². The van der Waals surface area contributed by atoms with Gasteiger partial charge >= 0.3 is 0 Å². The molecular weight excluding hydrogens is 685 g/mol. The number of fused-ring (bicyclic) bond motifs is 6. The first kappa shape index (κ1) is 32.6. The SMILES string of the molecule is c1ccc(-c2ccc(-c3cccc4c3oc3cc5c6ccccc6n(-c6ccccc6)c5cc34)c(-c3nc(-c4ccccc4)nc(C4CCCCC4)n3)c2)cc1. The molecule has 5 heteroatoms. The van der Waals surface area contributed by atoms with Crippen LogP contribution in [0.2, 0.25) is 0 Å². The quantitative estimate of drug-likeness (QED) is 0.171.